The summed E-state index contributed by atoms with van der Waals surface area (Å²) >= 11 is 12.1. The highest BCUT2D eigenvalue weighted by atomic mass is 35.5. The van der Waals surface area contributed by atoms with Gasteiger partial charge in [-0.1, -0.05) is 29.3 Å². The molecule has 0 saturated carbocycles. The lowest BCUT2D eigenvalue weighted by molar-refractivity contribution is -0.122. The van der Waals surface area contributed by atoms with Crippen molar-refractivity contribution >= 4 is 46.4 Å². The molecule has 1 N–H and O–H groups in total. The standard InChI is InChI=1S/C19H18Cl2N2O3/c1-11-14(21)4-3-5-15(11)22-19(25)12-8-18(24)23(10-12)16-9-13(20)6-7-17(16)26-2/h3-7,9,12H,8,10H2,1-2H3,(H,22,25)/t12-/m0/s1. The Morgan fingerprint density at radius 2 is 2.04 bits per heavy atom. The Morgan fingerprint density at radius 3 is 2.77 bits per heavy atom. The first-order chi connectivity index (χ1) is 12.4. The Balaban J connectivity index is 1.78. The van der Waals surface area contributed by atoms with E-state index in [2.05, 4.69) is 5.32 Å². The second-order valence-electron chi connectivity index (χ2n) is 6.12. The minimum atomic E-state index is -0.468. The number of halogens is 2. The minimum Gasteiger partial charge on any atom is -0.495 e. The van der Waals surface area contributed by atoms with Gasteiger partial charge in [0.1, 0.15) is 5.75 Å². The number of nitrogens with zero attached hydrogens (tertiary/aromatic N) is 1. The van der Waals surface area contributed by atoms with Gasteiger partial charge >= 0.3 is 0 Å². The van der Waals surface area contributed by atoms with Crippen LogP contribution in [0.4, 0.5) is 11.4 Å². The van der Waals surface area contributed by atoms with Crippen LogP contribution in [0.15, 0.2) is 36.4 Å². The van der Waals surface area contributed by atoms with Crippen molar-refractivity contribution in [3.63, 3.8) is 0 Å². The Hall–Kier alpha value is -2.24. The number of ether oxygens (including phenoxy) is 1. The van der Waals surface area contributed by atoms with Crippen LogP contribution >= 0.6 is 23.2 Å². The number of carbonyl (C=O) groups excluding carboxylic acids is 2. The fourth-order valence-electron chi connectivity index (χ4n) is 2.97. The molecule has 1 fully saturated rings. The van der Waals surface area contributed by atoms with Gasteiger partial charge in [0.15, 0.2) is 0 Å². The summed E-state index contributed by atoms with van der Waals surface area (Å²) in [6.07, 6.45) is 0.126. The summed E-state index contributed by atoms with van der Waals surface area (Å²) in [4.78, 5) is 26.6. The van der Waals surface area contributed by atoms with Gasteiger partial charge in [-0.3, -0.25) is 9.59 Å². The summed E-state index contributed by atoms with van der Waals surface area (Å²) in [6, 6.07) is 10.4. The second kappa shape index (κ2) is 7.56. The third-order valence-corrected chi connectivity index (χ3v) is 5.10. The lowest BCUT2D eigenvalue weighted by Gasteiger charge is -2.20. The van der Waals surface area contributed by atoms with E-state index in [1.54, 1.807) is 41.3 Å². The summed E-state index contributed by atoms with van der Waals surface area (Å²) in [5, 5.41) is 3.94. The zero-order valence-electron chi connectivity index (χ0n) is 14.4. The monoisotopic (exact) mass is 392 g/mol. The molecule has 0 aliphatic carbocycles. The number of nitrogens with one attached hydrogen (secondary N) is 1. The molecule has 2 aromatic carbocycles. The van der Waals surface area contributed by atoms with Gasteiger partial charge in [-0.2, -0.15) is 0 Å². The Morgan fingerprint density at radius 1 is 1.27 bits per heavy atom. The topological polar surface area (TPSA) is 58.6 Å². The van der Waals surface area contributed by atoms with Gasteiger partial charge in [0.05, 0.1) is 18.7 Å². The number of benzene rings is 2. The molecule has 7 heteroatoms. The van der Waals surface area contributed by atoms with Crippen LogP contribution in [0.1, 0.15) is 12.0 Å². The van der Waals surface area contributed by atoms with Crippen molar-refractivity contribution in [1.82, 2.24) is 0 Å². The van der Waals surface area contributed by atoms with E-state index in [0.717, 1.165) is 5.56 Å². The molecule has 3 rings (SSSR count). The van der Waals surface area contributed by atoms with E-state index in [-0.39, 0.29) is 24.8 Å². The van der Waals surface area contributed by atoms with Crippen molar-refractivity contribution < 1.29 is 14.3 Å². The van der Waals surface area contributed by atoms with Crippen LogP contribution in [0.25, 0.3) is 0 Å². The van der Waals surface area contributed by atoms with E-state index in [1.807, 2.05) is 6.92 Å². The largest absolute Gasteiger partial charge is 0.495 e. The highest BCUT2D eigenvalue weighted by Crippen LogP contribution is 2.35. The van der Waals surface area contributed by atoms with E-state index < -0.39 is 5.92 Å². The normalized spacial score (nSPS) is 16.7. The summed E-state index contributed by atoms with van der Waals surface area (Å²) in [6.45, 7) is 2.10. The van der Waals surface area contributed by atoms with E-state index in [1.165, 1.54) is 7.11 Å². The Labute approximate surface area is 161 Å². The third-order valence-electron chi connectivity index (χ3n) is 4.45. The lowest BCUT2D eigenvalue weighted by Crippen LogP contribution is -2.28. The maximum absolute atomic E-state index is 12.6. The SMILES string of the molecule is COc1ccc(Cl)cc1N1C[C@@H](C(=O)Nc2cccc(Cl)c2C)CC1=O. The molecular formula is C19H18Cl2N2O3. The van der Waals surface area contributed by atoms with Crippen LogP contribution in [0, 0.1) is 12.8 Å². The number of methoxy groups -OCH3 is 1. The lowest BCUT2D eigenvalue weighted by atomic mass is 10.1. The van der Waals surface area contributed by atoms with Crippen molar-refractivity contribution in [1.29, 1.82) is 0 Å². The number of rotatable bonds is 4. The molecule has 1 saturated heterocycles. The van der Waals surface area contributed by atoms with Gasteiger partial charge < -0.3 is 15.0 Å². The van der Waals surface area contributed by atoms with Crippen LogP contribution in [-0.4, -0.2) is 25.5 Å². The average Bonchev–Trinajstić information content (AvgIpc) is 3.00. The van der Waals surface area contributed by atoms with Crippen LogP contribution in [-0.2, 0) is 9.59 Å². The van der Waals surface area contributed by atoms with Crippen molar-refractivity contribution in [2.75, 3.05) is 23.9 Å². The smallest absolute Gasteiger partial charge is 0.229 e. The van der Waals surface area contributed by atoms with E-state index in [9.17, 15) is 9.59 Å². The Bertz CT molecular complexity index is 870. The molecule has 0 spiro atoms. The van der Waals surface area contributed by atoms with Gasteiger partial charge in [-0.15, -0.1) is 0 Å². The van der Waals surface area contributed by atoms with Crippen LogP contribution in [0.3, 0.4) is 0 Å². The van der Waals surface area contributed by atoms with E-state index in [0.29, 0.717) is 27.2 Å². The first-order valence-electron chi connectivity index (χ1n) is 8.10. The molecule has 1 aliphatic heterocycles. The zero-order chi connectivity index (χ0) is 18.8. The third kappa shape index (κ3) is 3.64. The van der Waals surface area contributed by atoms with Gasteiger partial charge in [0, 0.05) is 28.7 Å². The van der Waals surface area contributed by atoms with Crippen LogP contribution < -0.4 is 15.0 Å². The van der Waals surface area contributed by atoms with Gasteiger partial charge in [0.2, 0.25) is 11.8 Å². The summed E-state index contributed by atoms with van der Waals surface area (Å²) in [5.74, 6) is -0.292. The molecule has 0 radical (unpaired) electrons. The fourth-order valence-corrected chi connectivity index (χ4v) is 3.31. The van der Waals surface area contributed by atoms with Crippen molar-refractivity contribution in [2.45, 2.75) is 13.3 Å². The number of hydrogen-bond donors (Lipinski definition) is 1. The van der Waals surface area contributed by atoms with Gasteiger partial charge in [0.25, 0.3) is 0 Å². The van der Waals surface area contributed by atoms with Crippen molar-refractivity contribution in [3.8, 4) is 5.75 Å². The Kier molecular flexibility index (Phi) is 5.39. The quantitative estimate of drug-likeness (QED) is 0.843. The van der Waals surface area contributed by atoms with Gasteiger partial charge in [-0.05, 0) is 42.8 Å². The molecule has 2 aromatic rings. The number of hydrogen-bond acceptors (Lipinski definition) is 3. The molecule has 1 heterocycles. The highest BCUT2D eigenvalue weighted by molar-refractivity contribution is 6.32. The molecule has 2 amide bonds. The summed E-state index contributed by atoms with van der Waals surface area (Å²) in [5.41, 5.74) is 2.01. The number of carbonyl (C=O) groups is 2. The molecule has 5 nitrogen and oxygen atoms in total. The maximum Gasteiger partial charge on any atom is 0.229 e. The first kappa shape index (κ1) is 18.5. The summed E-state index contributed by atoms with van der Waals surface area (Å²) < 4.78 is 5.31. The number of anilines is 2. The van der Waals surface area contributed by atoms with Crippen molar-refractivity contribution in [2.24, 2.45) is 5.92 Å². The molecule has 1 atom stereocenters. The molecular weight excluding hydrogens is 375 g/mol. The first-order valence-corrected chi connectivity index (χ1v) is 8.86. The molecule has 136 valence electrons. The summed E-state index contributed by atoms with van der Waals surface area (Å²) in [7, 11) is 1.53. The van der Waals surface area contributed by atoms with Crippen molar-refractivity contribution in [3.05, 3.63) is 52.0 Å². The number of amides is 2. The molecule has 1 aliphatic rings. The fraction of sp³-hybridized carbons (Fsp3) is 0.263. The predicted molar refractivity (Wildman–Crippen MR) is 103 cm³/mol. The van der Waals surface area contributed by atoms with Crippen LogP contribution in [0.5, 0.6) is 5.75 Å². The maximum atomic E-state index is 12.6. The zero-order valence-corrected chi connectivity index (χ0v) is 15.9. The molecule has 26 heavy (non-hydrogen) atoms. The predicted octanol–water partition coefficient (Wildman–Crippen LogP) is 4.30. The second-order valence-corrected chi connectivity index (χ2v) is 6.97. The van der Waals surface area contributed by atoms with E-state index >= 15 is 0 Å². The molecule has 0 aromatic heterocycles. The molecule has 0 bridgehead atoms. The van der Waals surface area contributed by atoms with Crippen LogP contribution in [0.2, 0.25) is 10.0 Å². The minimum absolute atomic E-state index is 0.126. The average molecular weight is 393 g/mol. The van der Waals surface area contributed by atoms with Gasteiger partial charge in [-0.25, -0.2) is 0 Å². The van der Waals surface area contributed by atoms with E-state index in [4.69, 9.17) is 27.9 Å². The highest BCUT2D eigenvalue weighted by Gasteiger charge is 2.36. The molecule has 0 unspecified atom stereocenters.